The largest absolute Gasteiger partial charge is 0.355 e. The predicted octanol–water partition coefficient (Wildman–Crippen LogP) is 2.41. The number of rotatable bonds is 6. The number of nitrogens with zero attached hydrogens (tertiary/aromatic N) is 3. The zero-order chi connectivity index (χ0) is 15.1. The summed E-state index contributed by atoms with van der Waals surface area (Å²) in [6, 6.07) is 2.27. The Morgan fingerprint density at radius 3 is 3.14 bits per heavy atom. The van der Waals surface area contributed by atoms with Crippen molar-refractivity contribution in [3.05, 3.63) is 21.9 Å². The van der Waals surface area contributed by atoms with E-state index in [4.69, 9.17) is 0 Å². The van der Waals surface area contributed by atoms with Gasteiger partial charge in [-0.2, -0.15) is 0 Å². The fourth-order valence-corrected chi connectivity index (χ4v) is 3.60. The number of hydrogen-bond acceptors (Lipinski definition) is 3. The number of guanidine groups is 1. The molecule has 0 aromatic carbocycles. The summed E-state index contributed by atoms with van der Waals surface area (Å²) in [6.07, 6.45) is 3.64. The van der Waals surface area contributed by atoms with Crippen molar-refractivity contribution in [3.8, 4) is 0 Å². The lowest BCUT2D eigenvalue weighted by molar-refractivity contribution is 0.259. The Hall–Kier alpha value is -1.07. The van der Waals surface area contributed by atoms with Gasteiger partial charge in [-0.15, -0.1) is 11.3 Å². The third kappa shape index (κ3) is 4.71. The van der Waals surface area contributed by atoms with Gasteiger partial charge in [-0.1, -0.05) is 13.3 Å². The zero-order valence-electron chi connectivity index (χ0n) is 13.6. The molecule has 5 heteroatoms. The molecule has 0 saturated heterocycles. The van der Waals surface area contributed by atoms with Crippen molar-refractivity contribution in [2.75, 3.05) is 40.3 Å². The molecule has 2 rings (SSSR count). The standard InChI is InChI=1S/C16H28N4S/c1-4-5-9-19(3)16(17-2)18-8-11-20-10-6-15-14(13-20)7-12-21-15/h7,12H,4-6,8-11,13H2,1-3H3,(H,17,18). The molecule has 0 fully saturated rings. The molecule has 21 heavy (non-hydrogen) atoms. The fraction of sp³-hybridized carbons (Fsp3) is 0.688. The topological polar surface area (TPSA) is 30.9 Å². The van der Waals surface area contributed by atoms with E-state index in [2.05, 4.69) is 45.5 Å². The summed E-state index contributed by atoms with van der Waals surface area (Å²) in [7, 11) is 3.98. The van der Waals surface area contributed by atoms with E-state index in [0.29, 0.717) is 0 Å². The lowest BCUT2D eigenvalue weighted by Crippen LogP contribution is -2.43. The van der Waals surface area contributed by atoms with E-state index in [0.717, 1.165) is 32.1 Å². The zero-order valence-corrected chi connectivity index (χ0v) is 14.4. The molecule has 0 amide bonds. The highest BCUT2D eigenvalue weighted by Gasteiger charge is 2.16. The minimum Gasteiger partial charge on any atom is -0.355 e. The van der Waals surface area contributed by atoms with Gasteiger partial charge in [0, 0.05) is 51.7 Å². The molecule has 0 bridgehead atoms. The van der Waals surface area contributed by atoms with E-state index in [1.54, 1.807) is 4.88 Å². The third-order valence-corrected chi connectivity index (χ3v) is 5.04. The lowest BCUT2D eigenvalue weighted by atomic mass is 10.1. The normalized spacial score (nSPS) is 15.9. The van der Waals surface area contributed by atoms with Crippen LogP contribution in [0.3, 0.4) is 0 Å². The Bertz CT molecular complexity index is 455. The molecule has 1 aromatic heterocycles. The van der Waals surface area contributed by atoms with Crippen LogP contribution >= 0.6 is 11.3 Å². The summed E-state index contributed by atoms with van der Waals surface area (Å²) in [6.45, 7) is 7.61. The van der Waals surface area contributed by atoms with E-state index >= 15 is 0 Å². The Morgan fingerprint density at radius 1 is 1.52 bits per heavy atom. The number of thiophene rings is 1. The number of nitrogens with one attached hydrogen (secondary N) is 1. The quantitative estimate of drug-likeness (QED) is 0.647. The van der Waals surface area contributed by atoms with Gasteiger partial charge in [0.05, 0.1) is 0 Å². The summed E-state index contributed by atoms with van der Waals surface area (Å²) in [5, 5.41) is 5.70. The van der Waals surface area contributed by atoms with Crippen molar-refractivity contribution in [2.45, 2.75) is 32.7 Å². The number of aliphatic imine (C=N–C) groups is 1. The van der Waals surface area contributed by atoms with Crippen molar-refractivity contribution in [2.24, 2.45) is 4.99 Å². The van der Waals surface area contributed by atoms with Gasteiger partial charge in [0.1, 0.15) is 0 Å². The second-order valence-corrected chi connectivity index (χ2v) is 6.64. The highest BCUT2D eigenvalue weighted by Crippen LogP contribution is 2.23. The molecular weight excluding hydrogens is 280 g/mol. The highest BCUT2D eigenvalue weighted by atomic mass is 32.1. The van der Waals surface area contributed by atoms with Crippen LogP contribution in [-0.4, -0.2) is 56.0 Å². The van der Waals surface area contributed by atoms with Crippen molar-refractivity contribution in [1.82, 2.24) is 15.1 Å². The molecule has 0 spiro atoms. The SMILES string of the molecule is CCCCN(C)C(=NC)NCCN1CCc2sccc2C1. The van der Waals surface area contributed by atoms with Gasteiger partial charge in [-0.25, -0.2) is 0 Å². The van der Waals surface area contributed by atoms with Crippen LogP contribution in [0.5, 0.6) is 0 Å². The molecule has 1 aliphatic heterocycles. The van der Waals surface area contributed by atoms with Gasteiger partial charge >= 0.3 is 0 Å². The first kappa shape index (κ1) is 16.3. The molecule has 4 nitrogen and oxygen atoms in total. The number of unbranched alkanes of at least 4 members (excludes halogenated alkanes) is 1. The smallest absolute Gasteiger partial charge is 0.193 e. The van der Waals surface area contributed by atoms with Crippen LogP contribution in [0.25, 0.3) is 0 Å². The molecule has 1 N–H and O–H groups in total. The van der Waals surface area contributed by atoms with E-state index in [1.165, 1.54) is 31.4 Å². The van der Waals surface area contributed by atoms with Crippen LogP contribution in [0.2, 0.25) is 0 Å². The van der Waals surface area contributed by atoms with Crippen LogP contribution < -0.4 is 5.32 Å². The van der Waals surface area contributed by atoms with Crippen molar-refractivity contribution >= 4 is 17.3 Å². The maximum Gasteiger partial charge on any atom is 0.193 e. The average molecular weight is 308 g/mol. The molecule has 118 valence electrons. The maximum absolute atomic E-state index is 4.37. The molecule has 2 heterocycles. The van der Waals surface area contributed by atoms with Crippen molar-refractivity contribution < 1.29 is 0 Å². The van der Waals surface area contributed by atoms with Crippen molar-refractivity contribution in [1.29, 1.82) is 0 Å². The van der Waals surface area contributed by atoms with Gasteiger partial charge in [-0.3, -0.25) is 9.89 Å². The molecule has 1 aromatic rings. The first-order valence-electron chi connectivity index (χ1n) is 7.94. The van der Waals surface area contributed by atoms with E-state index in [-0.39, 0.29) is 0 Å². The third-order valence-electron chi connectivity index (χ3n) is 4.02. The summed E-state index contributed by atoms with van der Waals surface area (Å²) in [5.41, 5.74) is 1.52. The van der Waals surface area contributed by atoms with Gasteiger partial charge in [0.2, 0.25) is 0 Å². The minimum absolute atomic E-state index is 0.961. The molecule has 0 aliphatic carbocycles. The van der Waals surface area contributed by atoms with Crippen molar-refractivity contribution in [3.63, 3.8) is 0 Å². The Labute approximate surface area is 132 Å². The number of fused-ring (bicyclic) bond motifs is 1. The van der Waals surface area contributed by atoms with Gasteiger partial charge in [0.25, 0.3) is 0 Å². The van der Waals surface area contributed by atoms with E-state index in [9.17, 15) is 0 Å². The van der Waals surface area contributed by atoms with Crippen LogP contribution in [-0.2, 0) is 13.0 Å². The van der Waals surface area contributed by atoms with Gasteiger partial charge in [0.15, 0.2) is 5.96 Å². The average Bonchev–Trinajstić information content (AvgIpc) is 2.96. The molecule has 0 radical (unpaired) electrons. The summed E-state index contributed by atoms with van der Waals surface area (Å²) < 4.78 is 0. The maximum atomic E-state index is 4.37. The van der Waals surface area contributed by atoms with Crippen LogP contribution in [0.15, 0.2) is 16.4 Å². The summed E-state index contributed by atoms with van der Waals surface area (Å²) >= 11 is 1.90. The van der Waals surface area contributed by atoms with Crippen LogP contribution in [0.1, 0.15) is 30.2 Å². The van der Waals surface area contributed by atoms with E-state index < -0.39 is 0 Å². The summed E-state index contributed by atoms with van der Waals surface area (Å²) in [4.78, 5) is 10.7. The molecule has 0 atom stereocenters. The molecule has 1 aliphatic rings. The fourth-order valence-electron chi connectivity index (χ4n) is 2.71. The van der Waals surface area contributed by atoms with E-state index in [1.807, 2.05) is 18.4 Å². The molecular formula is C16H28N4S. The predicted molar refractivity (Wildman–Crippen MR) is 92.2 cm³/mol. The minimum atomic E-state index is 0.961. The Balaban J connectivity index is 1.71. The van der Waals surface area contributed by atoms with Gasteiger partial charge < -0.3 is 10.2 Å². The first-order chi connectivity index (χ1) is 10.2. The molecule has 0 saturated carbocycles. The Morgan fingerprint density at radius 2 is 2.38 bits per heavy atom. The summed E-state index contributed by atoms with van der Waals surface area (Å²) in [5.74, 6) is 1.01. The second kappa shape index (κ2) is 8.39. The first-order valence-corrected chi connectivity index (χ1v) is 8.82. The van der Waals surface area contributed by atoms with Crippen LogP contribution in [0, 0.1) is 0 Å². The highest BCUT2D eigenvalue weighted by molar-refractivity contribution is 7.10. The second-order valence-electron chi connectivity index (χ2n) is 5.64. The monoisotopic (exact) mass is 308 g/mol. The molecule has 0 unspecified atom stereocenters. The Kier molecular flexibility index (Phi) is 6.51. The number of hydrogen-bond donors (Lipinski definition) is 1. The van der Waals surface area contributed by atoms with Crippen LogP contribution in [0.4, 0.5) is 0 Å². The lowest BCUT2D eigenvalue weighted by Gasteiger charge is -2.28. The van der Waals surface area contributed by atoms with Gasteiger partial charge in [-0.05, 0) is 29.9 Å².